The number of amides is 2. The van der Waals surface area contributed by atoms with Crippen molar-refractivity contribution in [1.29, 1.82) is 0 Å². The minimum atomic E-state index is -0.682. The summed E-state index contributed by atoms with van der Waals surface area (Å²) in [6, 6.07) is -0.989. The number of likely N-dealkylation sites (tertiary alicyclic amines) is 1. The third-order valence-electron chi connectivity index (χ3n) is 7.56. The lowest BCUT2D eigenvalue weighted by Gasteiger charge is -2.38. The van der Waals surface area contributed by atoms with Crippen molar-refractivity contribution in [2.24, 2.45) is 11.8 Å². The number of carbonyl (C=O) groups excluding carboxylic acids is 3. The van der Waals surface area contributed by atoms with Gasteiger partial charge >= 0.3 is 5.97 Å². The van der Waals surface area contributed by atoms with Crippen LogP contribution in [-0.2, 0) is 19.1 Å². The molecule has 7 nitrogen and oxygen atoms in total. The number of alkyl halides is 1. The molecule has 4 aliphatic rings. The van der Waals surface area contributed by atoms with Crippen molar-refractivity contribution in [2.45, 2.75) is 91.7 Å². The number of carbonyl (C=O) groups is 3. The van der Waals surface area contributed by atoms with E-state index >= 15 is 0 Å². The Hall–Kier alpha value is -0.800. The summed E-state index contributed by atoms with van der Waals surface area (Å²) in [7, 11) is 0. The Labute approximate surface area is 196 Å². The van der Waals surface area contributed by atoms with Crippen molar-refractivity contribution in [3.8, 4) is 0 Å². The fourth-order valence-electron chi connectivity index (χ4n) is 6.21. The fourth-order valence-corrected chi connectivity index (χ4v) is 9.80. The monoisotopic (exact) mass is 516 g/mol. The van der Waals surface area contributed by atoms with Gasteiger partial charge in [-0.25, -0.2) is 0 Å². The number of fused-ring (bicyclic) bond motifs is 1. The van der Waals surface area contributed by atoms with Crippen LogP contribution in [0.15, 0.2) is 0 Å². The van der Waals surface area contributed by atoms with Gasteiger partial charge in [0.1, 0.15) is 6.04 Å². The number of thioether (sulfide) groups is 1. The van der Waals surface area contributed by atoms with E-state index in [1.807, 2.05) is 6.92 Å². The number of nitrogens with one attached hydrogen (secondary N) is 1. The van der Waals surface area contributed by atoms with E-state index in [1.165, 1.54) is 6.42 Å². The molecule has 0 aromatic carbocycles. The SMILES string of the molecule is CCOC(=O)[C@H]1[C@H]2C(=O)N([C@@H](CC)CO)C(C(=O)NC3CCCCC3)C23CC(Br)[C@@H]1S3. The number of aliphatic hydroxyl groups is 1. The predicted octanol–water partition coefficient (Wildman–Crippen LogP) is 2.23. The molecule has 9 heteroatoms. The van der Waals surface area contributed by atoms with Crippen LogP contribution in [0.25, 0.3) is 0 Å². The molecule has 2 bridgehead atoms. The molecule has 3 aliphatic heterocycles. The van der Waals surface area contributed by atoms with Gasteiger partial charge in [0, 0.05) is 16.1 Å². The average Bonchev–Trinajstić information content (AvgIpc) is 3.34. The molecule has 0 radical (unpaired) electrons. The van der Waals surface area contributed by atoms with E-state index in [0.717, 1.165) is 25.7 Å². The van der Waals surface area contributed by atoms with Crippen LogP contribution in [0.2, 0.25) is 0 Å². The van der Waals surface area contributed by atoms with Crippen molar-refractivity contribution < 1.29 is 24.2 Å². The molecule has 31 heavy (non-hydrogen) atoms. The summed E-state index contributed by atoms with van der Waals surface area (Å²) in [4.78, 5) is 42.0. The minimum absolute atomic E-state index is 0.0371. The van der Waals surface area contributed by atoms with E-state index < -0.39 is 28.7 Å². The number of aliphatic hydroxyl groups excluding tert-OH is 1. The lowest BCUT2D eigenvalue weighted by Crippen LogP contribution is -2.58. The second kappa shape index (κ2) is 9.21. The highest BCUT2D eigenvalue weighted by Crippen LogP contribution is 2.68. The Kier molecular flexibility index (Phi) is 6.94. The Bertz CT molecular complexity index is 729. The third kappa shape index (κ3) is 3.72. The number of ether oxygens (including phenoxy) is 1. The number of nitrogens with zero attached hydrogens (tertiary/aromatic N) is 1. The summed E-state index contributed by atoms with van der Waals surface area (Å²) in [6.07, 6.45) is 6.52. The Balaban J connectivity index is 1.71. The van der Waals surface area contributed by atoms with Gasteiger partial charge in [0.05, 0.1) is 35.8 Å². The molecule has 4 rings (SSSR count). The van der Waals surface area contributed by atoms with Crippen LogP contribution in [0.5, 0.6) is 0 Å². The van der Waals surface area contributed by atoms with Gasteiger partial charge in [-0.2, -0.15) is 0 Å². The molecule has 3 saturated heterocycles. The number of hydrogen-bond acceptors (Lipinski definition) is 6. The van der Waals surface area contributed by atoms with Crippen LogP contribution < -0.4 is 5.32 Å². The maximum absolute atomic E-state index is 13.8. The molecule has 1 spiro atoms. The molecule has 3 heterocycles. The summed E-state index contributed by atoms with van der Waals surface area (Å²) in [5.41, 5.74) is 0. The molecule has 0 aromatic heterocycles. The zero-order valence-corrected chi connectivity index (χ0v) is 20.6. The van der Waals surface area contributed by atoms with Gasteiger partial charge in [0.15, 0.2) is 0 Å². The van der Waals surface area contributed by atoms with Gasteiger partial charge in [-0.3, -0.25) is 14.4 Å². The fraction of sp³-hybridized carbons (Fsp3) is 0.864. The largest absolute Gasteiger partial charge is 0.466 e. The number of rotatable bonds is 7. The van der Waals surface area contributed by atoms with Crippen LogP contribution >= 0.6 is 27.7 Å². The molecular formula is C22H33BrN2O5S. The van der Waals surface area contributed by atoms with Crippen LogP contribution in [0.1, 0.15) is 58.8 Å². The molecule has 2 amide bonds. The van der Waals surface area contributed by atoms with E-state index in [0.29, 0.717) is 12.8 Å². The summed E-state index contributed by atoms with van der Waals surface area (Å²) >= 11 is 5.34. The summed E-state index contributed by atoms with van der Waals surface area (Å²) in [5.74, 6) is -1.82. The summed E-state index contributed by atoms with van der Waals surface area (Å²) in [5, 5.41) is 13.2. The molecule has 1 saturated carbocycles. The molecule has 1 aliphatic carbocycles. The first-order valence-electron chi connectivity index (χ1n) is 11.6. The quantitative estimate of drug-likeness (QED) is 0.397. The summed E-state index contributed by atoms with van der Waals surface area (Å²) < 4.78 is 4.68. The maximum atomic E-state index is 13.8. The normalized spacial score (nSPS) is 38.3. The van der Waals surface area contributed by atoms with Gasteiger partial charge in [-0.05, 0) is 32.6 Å². The standard InChI is InChI=1S/C22H33BrN2O5S/c1-3-13(11-26)25-18(19(27)24-12-8-6-5-7-9-12)22-10-14(23)17(31-22)15(16(22)20(25)28)21(29)30-4-2/h12-18,26H,3-11H2,1-2H3,(H,24,27)/t13-,14?,15-,16-,17-,18?,22?/m0/s1. The smallest absolute Gasteiger partial charge is 0.310 e. The molecular weight excluding hydrogens is 484 g/mol. The molecule has 7 atom stereocenters. The zero-order valence-electron chi connectivity index (χ0n) is 18.2. The van der Waals surface area contributed by atoms with Crippen LogP contribution in [0, 0.1) is 11.8 Å². The van der Waals surface area contributed by atoms with Gasteiger partial charge in [0.2, 0.25) is 11.8 Å². The number of hydrogen-bond donors (Lipinski definition) is 2. The average molecular weight is 517 g/mol. The molecule has 174 valence electrons. The maximum Gasteiger partial charge on any atom is 0.310 e. The highest BCUT2D eigenvalue weighted by Gasteiger charge is 2.76. The molecule has 4 fully saturated rings. The van der Waals surface area contributed by atoms with Crippen molar-refractivity contribution in [3.63, 3.8) is 0 Å². The highest BCUT2D eigenvalue weighted by atomic mass is 79.9. The number of esters is 1. The van der Waals surface area contributed by atoms with E-state index in [1.54, 1.807) is 23.6 Å². The Morgan fingerprint density at radius 1 is 1.32 bits per heavy atom. The molecule has 3 unspecified atom stereocenters. The van der Waals surface area contributed by atoms with Crippen molar-refractivity contribution in [2.75, 3.05) is 13.2 Å². The van der Waals surface area contributed by atoms with E-state index in [4.69, 9.17) is 4.74 Å². The van der Waals surface area contributed by atoms with E-state index in [9.17, 15) is 19.5 Å². The van der Waals surface area contributed by atoms with Crippen molar-refractivity contribution >= 4 is 45.5 Å². The second-order valence-electron chi connectivity index (χ2n) is 9.25. The lowest BCUT2D eigenvalue weighted by atomic mass is 9.71. The van der Waals surface area contributed by atoms with Crippen LogP contribution in [0.3, 0.4) is 0 Å². The Morgan fingerprint density at radius 2 is 2.03 bits per heavy atom. The van der Waals surface area contributed by atoms with Gasteiger partial charge in [0.25, 0.3) is 0 Å². The minimum Gasteiger partial charge on any atom is -0.466 e. The first kappa shape index (κ1) is 23.4. The van der Waals surface area contributed by atoms with Gasteiger partial charge < -0.3 is 20.1 Å². The van der Waals surface area contributed by atoms with Crippen LogP contribution in [-0.4, -0.2) is 74.0 Å². The summed E-state index contributed by atoms with van der Waals surface area (Å²) in [6.45, 7) is 3.74. The lowest BCUT2D eigenvalue weighted by molar-refractivity contribution is -0.154. The zero-order chi connectivity index (χ0) is 22.3. The third-order valence-corrected chi connectivity index (χ3v) is 10.8. The second-order valence-corrected chi connectivity index (χ2v) is 12.0. The highest BCUT2D eigenvalue weighted by molar-refractivity contribution is 9.09. The topological polar surface area (TPSA) is 95.9 Å². The van der Waals surface area contributed by atoms with E-state index in [-0.39, 0.29) is 47.1 Å². The first-order valence-corrected chi connectivity index (χ1v) is 13.4. The predicted molar refractivity (Wildman–Crippen MR) is 122 cm³/mol. The van der Waals surface area contributed by atoms with Crippen molar-refractivity contribution in [1.82, 2.24) is 10.2 Å². The van der Waals surface area contributed by atoms with E-state index in [2.05, 4.69) is 21.2 Å². The van der Waals surface area contributed by atoms with Crippen LogP contribution in [0.4, 0.5) is 0 Å². The van der Waals surface area contributed by atoms with Crippen molar-refractivity contribution in [3.05, 3.63) is 0 Å². The van der Waals surface area contributed by atoms with Gasteiger partial charge in [-0.1, -0.05) is 42.1 Å². The Morgan fingerprint density at radius 3 is 2.65 bits per heavy atom. The molecule has 0 aromatic rings. The number of halogens is 1. The van der Waals surface area contributed by atoms with Gasteiger partial charge in [-0.15, -0.1) is 11.8 Å². The first-order chi connectivity index (χ1) is 14.9. The molecule has 2 N–H and O–H groups in total.